The van der Waals surface area contributed by atoms with Gasteiger partial charge in [0, 0.05) is 11.4 Å². The smallest absolute Gasteiger partial charge is 0.134 e. The van der Waals surface area contributed by atoms with Crippen LogP contribution in [0.1, 0.15) is 12.5 Å². The zero-order valence-corrected chi connectivity index (χ0v) is 10.8. The molecule has 0 atom stereocenters. The van der Waals surface area contributed by atoms with E-state index in [1.54, 1.807) is 19.1 Å². The molecule has 0 saturated heterocycles. The Balaban J connectivity index is 2.08. The summed E-state index contributed by atoms with van der Waals surface area (Å²) in [4.78, 5) is 11.0. The highest BCUT2D eigenvalue weighted by molar-refractivity contribution is 6.30. The molecule has 0 N–H and O–H groups in total. The maximum Gasteiger partial charge on any atom is 0.134 e. The molecule has 0 bridgehead atoms. The van der Waals surface area contributed by atoms with Gasteiger partial charge in [0.05, 0.1) is 0 Å². The second-order valence-corrected chi connectivity index (χ2v) is 4.52. The molecule has 0 aliphatic rings. The summed E-state index contributed by atoms with van der Waals surface area (Å²) in [6, 6.07) is 14.7. The van der Waals surface area contributed by atoms with Crippen LogP contribution in [0.5, 0.6) is 11.5 Å². The maximum atomic E-state index is 11.0. The first-order valence-corrected chi connectivity index (χ1v) is 6.03. The number of halogens is 1. The van der Waals surface area contributed by atoms with Crippen LogP contribution in [0, 0.1) is 0 Å². The number of benzene rings is 2. The van der Waals surface area contributed by atoms with Crippen molar-refractivity contribution in [2.75, 3.05) is 0 Å². The van der Waals surface area contributed by atoms with E-state index in [2.05, 4.69) is 0 Å². The van der Waals surface area contributed by atoms with Gasteiger partial charge in [-0.1, -0.05) is 29.8 Å². The largest absolute Gasteiger partial charge is 0.457 e. The van der Waals surface area contributed by atoms with Gasteiger partial charge in [0.15, 0.2) is 0 Å². The Morgan fingerprint density at radius 3 is 2.44 bits per heavy atom. The molecule has 0 aliphatic carbocycles. The molecule has 0 heterocycles. The normalized spacial score (nSPS) is 10.1. The van der Waals surface area contributed by atoms with Crippen LogP contribution in [0.15, 0.2) is 48.5 Å². The molecular weight excluding hydrogens is 248 g/mol. The van der Waals surface area contributed by atoms with Crippen LogP contribution < -0.4 is 4.74 Å². The third kappa shape index (κ3) is 3.60. The Labute approximate surface area is 111 Å². The Hall–Kier alpha value is -1.80. The van der Waals surface area contributed by atoms with Crippen LogP contribution >= 0.6 is 11.6 Å². The average Bonchev–Trinajstić information content (AvgIpc) is 2.31. The molecule has 2 rings (SSSR count). The lowest BCUT2D eigenvalue weighted by molar-refractivity contribution is -0.116. The fourth-order valence-corrected chi connectivity index (χ4v) is 1.81. The molecule has 0 aliphatic heterocycles. The van der Waals surface area contributed by atoms with E-state index in [1.807, 2.05) is 36.4 Å². The van der Waals surface area contributed by atoms with Crippen molar-refractivity contribution in [3.63, 3.8) is 0 Å². The number of hydrogen-bond donors (Lipinski definition) is 0. The molecule has 0 radical (unpaired) electrons. The summed E-state index contributed by atoms with van der Waals surface area (Å²) >= 11 is 5.88. The first-order valence-electron chi connectivity index (χ1n) is 5.65. The summed E-state index contributed by atoms with van der Waals surface area (Å²) in [5, 5.41) is 0.640. The molecule has 3 heteroatoms. The topological polar surface area (TPSA) is 26.3 Å². The van der Waals surface area contributed by atoms with Crippen LogP contribution in [-0.2, 0) is 11.2 Å². The first kappa shape index (κ1) is 12.7. The summed E-state index contributed by atoms with van der Waals surface area (Å²) in [5.41, 5.74) is 0.987. The molecule has 18 heavy (non-hydrogen) atoms. The van der Waals surface area contributed by atoms with Crippen molar-refractivity contribution in [2.24, 2.45) is 0 Å². The fraction of sp³-hybridized carbons (Fsp3) is 0.133. The molecule has 2 aromatic carbocycles. The Kier molecular flexibility index (Phi) is 4.00. The molecule has 0 saturated carbocycles. The van der Waals surface area contributed by atoms with Crippen LogP contribution in [0.2, 0.25) is 5.02 Å². The standard InChI is InChI=1S/C15H13ClO2/c1-11(17)9-12-5-7-14(8-6-12)18-15-4-2-3-13(16)10-15/h2-8,10H,9H2,1H3. The number of carbonyl (C=O) groups is 1. The van der Waals surface area contributed by atoms with Gasteiger partial charge in [-0.05, 0) is 42.8 Å². The SMILES string of the molecule is CC(=O)Cc1ccc(Oc2cccc(Cl)c2)cc1. The Morgan fingerprint density at radius 1 is 1.11 bits per heavy atom. The number of rotatable bonds is 4. The molecule has 0 unspecified atom stereocenters. The van der Waals surface area contributed by atoms with Crippen molar-refractivity contribution in [3.05, 3.63) is 59.1 Å². The molecular formula is C15H13ClO2. The minimum atomic E-state index is 0.151. The summed E-state index contributed by atoms with van der Waals surface area (Å²) < 4.78 is 5.65. The van der Waals surface area contributed by atoms with E-state index in [0.29, 0.717) is 17.2 Å². The van der Waals surface area contributed by atoms with E-state index >= 15 is 0 Å². The summed E-state index contributed by atoms with van der Waals surface area (Å²) in [6.07, 6.45) is 0.456. The van der Waals surface area contributed by atoms with E-state index in [4.69, 9.17) is 16.3 Å². The van der Waals surface area contributed by atoms with E-state index in [1.165, 1.54) is 0 Å². The predicted octanol–water partition coefficient (Wildman–Crippen LogP) is 4.26. The molecule has 92 valence electrons. The number of hydrogen-bond acceptors (Lipinski definition) is 2. The fourth-order valence-electron chi connectivity index (χ4n) is 1.63. The van der Waals surface area contributed by atoms with Crippen LogP contribution in [0.3, 0.4) is 0 Å². The zero-order valence-electron chi connectivity index (χ0n) is 10.0. The van der Waals surface area contributed by atoms with Crippen molar-refractivity contribution in [2.45, 2.75) is 13.3 Å². The van der Waals surface area contributed by atoms with Gasteiger partial charge in [-0.25, -0.2) is 0 Å². The number of ketones is 1. The van der Waals surface area contributed by atoms with Crippen LogP contribution in [0.25, 0.3) is 0 Å². The predicted molar refractivity (Wildman–Crippen MR) is 72.4 cm³/mol. The van der Waals surface area contributed by atoms with Crippen molar-refractivity contribution >= 4 is 17.4 Å². The van der Waals surface area contributed by atoms with Gasteiger partial charge in [0.2, 0.25) is 0 Å². The first-order chi connectivity index (χ1) is 8.63. The van der Waals surface area contributed by atoms with Gasteiger partial charge in [-0.15, -0.1) is 0 Å². The third-order valence-corrected chi connectivity index (χ3v) is 2.64. The van der Waals surface area contributed by atoms with Gasteiger partial charge in [0.25, 0.3) is 0 Å². The van der Waals surface area contributed by atoms with E-state index < -0.39 is 0 Å². The van der Waals surface area contributed by atoms with Crippen LogP contribution in [-0.4, -0.2) is 5.78 Å². The second-order valence-electron chi connectivity index (χ2n) is 4.08. The number of ether oxygens (including phenoxy) is 1. The lowest BCUT2D eigenvalue weighted by Crippen LogP contribution is -1.95. The van der Waals surface area contributed by atoms with Crippen molar-refractivity contribution in [1.29, 1.82) is 0 Å². The summed E-state index contributed by atoms with van der Waals surface area (Å²) in [6.45, 7) is 1.58. The minimum Gasteiger partial charge on any atom is -0.457 e. The summed E-state index contributed by atoms with van der Waals surface area (Å²) in [7, 11) is 0. The number of carbonyl (C=O) groups excluding carboxylic acids is 1. The monoisotopic (exact) mass is 260 g/mol. The molecule has 0 spiro atoms. The maximum absolute atomic E-state index is 11.0. The molecule has 2 nitrogen and oxygen atoms in total. The van der Waals surface area contributed by atoms with Gasteiger partial charge in [-0.2, -0.15) is 0 Å². The molecule has 0 aromatic heterocycles. The van der Waals surface area contributed by atoms with E-state index in [9.17, 15) is 4.79 Å². The van der Waals surface area contributed by atoms with Crippen LogP contribution in [0.4, 0.5) is 0 Å². The second kappa shape index (κ2) is 5.69. The quantitative estimate of drug-likeness (QED) is 0.821. The molecule has 0 amide bonds. The highest BCUT2D eigenvalue weighted by Crippen LogP contribution is 2.24. The zero-order chi connectivity index (χ0) is 13.0. The highest BCUT2D eigenvalue weighted by Gasteiger charge is 2.00. The van der Waals surface area contributed by atoms with Crippen molar-refractivity contribution in [3.8, 4) is 11.5 Å². The molecule has 2 aromatic rings. The van der Waals surface area contributed by atoms with Gasteiger partial charge in [-0.3, -0.25) is 4.79 Å². The Morgan fingerprint density at radius 2 is 1.83 bits per heavy atom. The third-order valence-electron chi connectivity index (χ3n) is 2.41. The van der Waals surface area contributed by atoms with E-state index in [-0.39, 0.29) is 5.78 Å². The lowest BCUT2D eigenvalue weighted by Gasteiger charge is -2.06. The van der Waals surface area contributed by atoms with Gasteiger partial charge < -0.3 is 4.74 Å². The number of Topliss-reactive ketones (excluding diaryl/α,β-unsaturated/α-hetero) is 1. The van der Waals surface area contributed by atoms with Crippen molar-refractivity contribution < 1.29 is 9.53 Å². The van der Waals surface area contributed by atoms with E-state index in [0.717, 1.165) is 11.3 Å². The minimum absolute atomic E-state index is 0.151. The Bertz CT molecular complexity index is 547. The van der Waals surface area contributed by atoms with Crippen molar-refractivity contribution in [1.82, 2.24) is 0 Å². The van der Waals surface area contributed by atoms with Gasteiger partial charge in [0.1, 0.15) is 17.3 Å². The molecule has 0 fully saturated rings. The average molecular weight is 261 g/mol. The van der Waals surface area contributed by atoms with Gasteiger partial charge >= 0.3 is 0 Å². The highest BCUT2D eigenvalue weighted by atomic mass is 35.5. The summed E-state index contributed by atoms with van der Waals surface area (Å²) in [5.74, 6) is 1.57. The lowest BCUT2D eigenvalue weighted by atomic mass is 10.1.